The van der Waals surface area contributed by atoms with Crippen LogP contribution in [0.5, 0.6) is 5.75 Å². The topological polar surface area (TPSA) is 38.8 Å². The van der Waals surface area contributed by atoms with Gasteiger partial charge in [-0.25, -0.2) is 9.18 Å². The van der Waals surface area contributed by atoms with Gasteiger partial charge in [-0.15, -0.1) is 0 Å². The van der Waals surface area contributed by atoms with Gasteiger partial charge in [0.15, 0.2) is 0 Å². The number of carbonyl (C=O) groups excluding carboxylic acids is 1. The number of amides is 1. The number of halogens is 2. The quantitative estimate of drug-likeness (QED) is 0.750. The van der Waals surface area contributed by atoms with Gasteiger partial charge in [0.2, 0.25) is 0 Å². The number of likely N-dealkylation sites (tertiary alicyclic amines) is 1. The van der Waals surface area contributed by atoms with Crippen LogP contribution >= 0.6 is 15.9 Å². The van der Waals surface area contributed by atoms with E-state index in [1.165, 1.54) is 12.1 Å². The van der Waals surface area contributed by atoms with Crippen molar-refractivity contribution in [3.05, 3.63) is 28.5 Å². The first-order valence-electron chi connectivity index (χ1n) is 7.83. The van der Waals surface area contributed by atoms with Crippen molar-refractivity contribution in [2.45, 2.75) is 51.7 Å². The van der Waals surface area contributed by atoms with Gasteiger partial charge in [-0.2, -0.15) is 0 Å². The van der Waals surface area contributed by atoms with Crippen molar-refractivity contribution in [1.82, 2.24) is 4.90 Å². The first-order valence-corrected chi connectivity index (χ1v) is 8.62. The Morgan fingerprint density at radius 1 is 1.35 bits per heavy atom. The summed E-state index contributed by atoms with van der Waals surface area (Å²) in [7, 11) is 0. The van der Waals surface area contributed by atoms with E-state index in [2.05, 4.69) is 15.9 Å². The van der Waals surface area contributed by atoms with Crippen LogP contribution in [-0.4, -0.2) is 35.8 Å². The number of hydrogen-bond acceptors (Lipinski definition) is 3. The maximum atomic E-state index is 13.4. The second-order valence-electron chi connectivity index (χ2n) is 6.74. The lowest BCUT2D eigenvalue weighted by Gasteiger charge is -2.36. The van der Waals surface area contributed by atoms with E-state index in [4.69, 9.17) is 9.47 Å². The summed E-state index contributed by atoms with van der Waals surface area (Å²) in [5.74, 6) is 0.0913. The van der Waals surface area contributed by atoms with E-state index in [1.807, 2.05) is 20.8 Å². The molecule has 0 aliphatic carbocycles. The fourth-order valence-corrected chi connectivity index (χ4v) is 2.98. The van der Waals surface area contributed by atoms with Gasteiger partial charge < -0.3 is 14.4 Å². The summed E-state index contributed by atoms with van der Waals surface area (Å²) in [6, 6.07) is 4.37. The van der Waals surface area contributed by atoms with Crippen molar-refractivity contribution in [3.8, 4) is 5.75 Å². The minimum atomic E-state index is -0.520. The Bertz CT molecular complexity index is 539. The molecule has 1 amide bonds. The number of benzene rings is 1. The van der Waals surface area contributed by atoms with Crippen molar-refractivity contribution in [2.24, 2.45) is 0 Å². The van der Waals surface area contributed by atoms with Crippen LogP contribution in [-0.2, 0) is 4.74 Å². The molecule has 1 heterocycles. The van der Waals surface area contributed by atoms with Gasteiger partial charge in [-0.05, 0) is 52.2 Å². The van der Waals surface area contributed by atoms with E-state index >= 15 is 0 Å². The van der Waals surface area contributed by atoms with Gasteiger partial charge in [-0.1, -0.05) is 15.9 Å². The third kappa shape index (κ3) is 5.68. The van der Waals surface area contributed by atoms with E-state index in [0.29, 0.717) is 23.4 Å². The normalized spacial score (nSPS) is 18.7. The maximum Gasteiger partial charge on any atom is 0.410 e. The Hall–Kier alpha value is -1.30. The molecule has 1 aromatic rings. The molecule has 2 rings (SSSR count). The van der Waals surface area contributed by atoms with Crippen LogP contribution in [0.2, 0.25) is 0 Å². The lowest BCUT2D eigenvalue weighted by atomic mass is 10.0. The molecule has 23 heavy (non-hydrogen) atoms. The Balaban J connectivity index is 1.99. The van der Waals surface area contributed by atoms with Crippen LogP contribution in [0.3, 0.4) is 0 Å². The molecule has 0 spiro atoms. The Kier molecular flexibility index (Phi) is 5.89. The van der Waals surface area contributed by atoms with E-state index in [0.717, 1.165) is 19.3 Å². The number of hydrogen-bond donors (Lipinski definition) is 0. The average Bonchev–Trinajstić information content (AvgIpc) is 2.42. The van der Waals surface area contributed by atoms with Crippen LogP contribution in [0.4, 0.5) is 9.18 Å². The molecule has 128 valence electrons. The molecule has 1 atom stereocenters. The Morgan fingerprint density at radius 3 is 2.74 bits per heavy atom. The molecular weight excluding hydrogens is 365 g/mol. The fraction of sp³-hybridized carbons (Fsp3) is 0.588. The van der Waals surface area contributed by atoms with Crippen LogP contribution in [0.15, 0.2) is 22.7 Å². The highest BCUT2D eigenvalue weighted by Gasteiger charge is 2.30. The smallest absolute Gasteiger partial charge is 0.410 e. The average molecular weight is 388 g/mol. The minimum Gasteiger partial charge on any atom is -0.491 e. The Morgan fingerprint density at radius 2 is 2.09 bits per heavy atom. The first kappa shape index (κ1) is 18.0. The highest BCUT2D eigenvalue weighted by Crippen LogP contribution is 2.24. The third-order valence-corrected chi connectivity index (χ3v) is 3.99. The predicted molar refractivity (Wildman–Crippen MR) is 90.2 cm³/mol. The molecule has 1 fully saturated rings. The third-order valence-electron chi connectivity index (χ3n) is 3.53. The molecule has 0 N–H and O–H groups in total. The van der Waals surface area contributed by atoms with Crippen LogP contribution in [0.25, 0.3) is 0 Å². The largest absolute Gasteiger partial charge is 0.491 e. The summed E-state index contributed by atoms with van der Waals surface area (Å²) in [5.41, 5.74) is -0.520. The summed E-state index contributed by atoms with van der Waals surface area (Å²) in [6.07, 6.45) is 2.54. The van der Waals surface area contributed by atoms with E-state index in [1.54, 1.807) is 11.0 Å². The number of rotatable bonds is 3. The molecular formula is C17H23BrFNO3. The highest BCUT2D eigenvalue weighted by molar-refractivity contribution is 9.10. The highest BCUT2D eigenvalue weighted by atomic mass is 79.9. The van der Waals surface area contributed by atoms with Crippen molar-refractivity contribution >= 4 is 22.0 Å². The number of piperidine rings is 1. The van der Waals surface area contributed by atoms with Gasteiger partial charge in [0, 0.05) is 17.1 Å². The summed E-state index contributed by atoms with van der Waals surface area (Å²) < 4.78 is 25.2. The molecule has 1 aliphatic rings. The summed E-state index contributed by atoms with van der Waals surface area (Å²) in [6.45, 7) is 6.55. The monoisotopic (exact) mass is 387 g/mol. The van der Waals surface area contributed by atoms with E-state index < -0.39 is 5.60 Å². The van der Waals surface area contributed by atoms with Gasteiger partial charge in [0.05, 0.1) is 6.04 Å². The maximum absolute atomic E-state index is 13.4. The molecule has 1 aliphatic heterocycles. The Labute approximate surface area is 145 Å². The number of nitrogens with zero attached hydrogens (tertiary/aromatic N) is 1. The minimum absolute atomic E-state index is 0.0550. The molecule has 0 bridgehead atoms. The van der Waals surface area contributed by atoms with E-state index in [9.17, 15) is 9.18 Å². The van der Waals surface area contributed by atoms with Gasteiger partial charge in [0.25, 0.3) is 0 Å². The van der Waals surface area contributed by atoms with Gasteiger partial charge >= 0.3 is 6.09 Å². The second kappa shape index (κ2) is 7.51. The molecule has 1 saturated heterocycles. The lowest BCUT2D eigenvalue weighted by molar-refractivity contribution is 0.00358. The summed E-state index contributed by atoms with van der Waals surface area (Å²) in [4.78, 5) is 14.0. The number of ether oxygens (including phenoxy) is 2. The second-order valence-corrected chi connectivity index (χ2v) is 7.66. The summed E-state index contributed by atoms with van der Waals surface area (Å²) in [5, 5.41) is 0. The molecule has 0 radical (unpaired) electrons. The van der Waals surface area contributed by atoms with Crippen LogP contribution < -0.4 is 4.74 Å². The zero-order valence-corrected chi connectivity index (χ0v) is 15.4. The predicted octanol–water partition coefficient (Wildman–Crippen LogP) is 4.76. The standard InChI is InChI=1S/C17H23BrFNO3/c1-17(2,3)23-16(21)20-7-5-4-6-14(20)11-22-15-9-12(18)8-13(19)10-15/h8-10,14H,4-7,11H2,1-3H3/t14-/m1/s1. The molecule has 0 aromatic heterocycles. The SMILES string of the molecule is CC(C)(C)OC(=O)N1CCCC[C@@H]1COc1cc(F)cc(Br)c1. The summed E-state index contributed by atoms with van der Waals surface area (Å²) >= 11 is 3.24. The lowest BCUT2D eigenvalue weighted by Crippen LogP contribution is -2.48. The van der Waals surface area contributed by atoms with Crippen LogP contribution in [0.1, 0.15) is 40.0 Å². The fourth-order valence-electron chi connectivity index (χ4n) is 2.54. The van der Waals surface area contributed by atoms with Crippen molar-refractivity contribution in [3.63, 3.8) is 0 Å². The van der Waals surface area contributed by atoms with Gasteiger partial charge in [0.1, 0.15) is 23.8 Å². The number of carbonyl (C=O) groups is 1. The zero-order chi connectivity index (χ0) is 17.0. The van der Waals surface area contributed by atoms with Crippen molar-refractivity contribution in [2.75, 3.05) is 13.2 Å². The molecule has 1 aromatic carbocycles. The zero-order valence-electron chi connectivity index (χ0n) is 13.8. The first-order chi connectivity index (χ1) is 10.7. The molecule has 0 unspecified atom stereocenters. The van der Waals surface area contributed by atoms with Crippen molar-refractivity contribution in [1.29, 1.82) is 0 Å². The molecule has 6 heteroatoms. The van der Waals surface area contributed by atoms with Crippen molar-refractivity contribution < 1.29 is 18.7 Å². The van der Waals surface area contributed by atoms with Gasteiger partial charge in [-0.3, -0.25) is 0 Å². The molecule has 4 nitrogen and oxygen atoms in total. The molecule has 0 saturated carbocycles. The van der Waals surface area contributed by atoms with E-state index in [-0.39, 0.29) is 18.0 Å². The van der Waals surface area contributed by atoms with Crippen LogP contribution in [0, 0.1) is 5.82 Å².